The lowest BCUT2D eigenvalue weighted by molar-refractivity contribution is 0.402. The Morgan fingerprint density at radius 1 is 1.00 bits per heavy atom. The van der Waals surface area contributed by atoms with Crippen molar-refractivity contribution in [3.63, 3.8) is 0 Å². The van der Waals surface area contributed by atoms with Gasteiger partial charge in [-0.05, 0) is 35.9 Å². The molecule has 1 N–H and O–H groups in total. The van der Waals surface area contributed by atoms with Crippen LogP contribution in [-0.2, 0) is 16.6 Å². The number of hydrogen-bond donors (Lipinski definition) is 1. The van der Waals surface area contributed by atoms with Crippen LogP contribution in [0, 0.1) is 0 Å². The number of rotatable bonds is 6. The molecule has 0 aliphatic rings. The molecule has 0 bridgehead atoms. The molecule has 25 heavy (non-hydrogen) atoms. The molecule has 0 unspecified atom stereocenters. The van der Waals surface area contributed by atoms with E-state index in [0.29, 0.717) is 11.4 Å². The second-order valence-electron chi connectivity index (χ2n) is 5.22. The van der Waals surface area contributed by atoms with E-state index in [1.165, 1.54) is 13.2 Å². The van der Waals surface area contributed by atoms with Crippen LogP contribution in [0.1, 0.15) is 5.56 Å². The lowest BCUT2D eigenvalue weighted by Crippen LogP contribution is -2.24. The number of nitrogens with zero attached hydrogens (tertiary/aromatic N) is 2. The lowest BCUT2D eigenvalue weighted by atomic mass is 10.1. The Morgan fingerprint density at radius 2 is 1.76 bits per heavy atom. The first kappa shape index (κ1) is 17.1. The molecule has 7 heteroatoms. The van der Waals surface area contributed by atoms with Crippen molar-refractivity contribution in [1.82, 2.24) is 14.7 Å². The minimum absolute atomic E-state index is 0.104. The fourth-order valence-electron chi connectivity index (χ4n) is 2.44. The average molecular weight is 355 g/mol. The number of methoxy groups -OCH3 is 1. The van der Waals surface area contributed by atoms with Gasteiger partial charge in [-0.2, -0.15) is 0 Å². The second-order valence-corrected chi connectivity index (χ2v) is 6.96. The van der Waals surface area contributed by atoms with Crippen molar-refractivity contribution in [3.8, 4) is 17.0 Å². The molecule has 0 atom stereocenters. The molecule has 0 amide bonds. The van der Waals surface area contributed by atoms with E-state index >= 15 is 0 Å². The van der Waals surface area contributed by atoms with Gasteiger partial charge in [0.25, 0.3) is 0 Å². The number of aromatic nitrogens is 2. The summed E-state index contributed by atoms with van der Waals surface area (Å²) in [6.07, 6.45) is 5.02. The van der Waals surface area contributed by atoms with Gasteiger partial charge in [0.1, 0.15) is 10.6 Å². The van der Waals surface area contributed by atoms with Crippen molar-refractivity contribution in [3.05, 3.63) is 72.7 Å². The molecule has 6 nitrogen and oxygen atoms in total. The standard InChI is InChI=1S/C18H17N3O3S/c1-24-16-6-2-3-7-17(16)25(22,23)21-13-15-5-4-10-20-18(15)14-8-11-19-12-9-14/h2-12,21H,13H2,1H3. The summed E-state index contributed by atoms with van der Waals surface area (Å²) in [5, 5.41) is 0. The minimum atomic E-state index is -3.72. The Hall–Kier alpha value is -2.77. The molecule has 3 aromatic rings. The Kier molecular flexibility index (Phi) is 5.06. The third kappa shape index (κ3) is 3.84. The van der Waals surface area contributed by atoms with Crippen LogP contribution in [0.5, 0.6) is 5.75 Å². The highest BCUT2D eigenvalue weighted by Gasteiger charge is 2.19. The monoisotopic (exact) mass is 355 g/mol. The summed E-state index contributed by atoms with van der Waals surface area (Å²) in [6, 6.07) is 13.8. The molecular weight excluding hydrogens is 338 g/mol. The summed E-state index contributed by atoms with van der Waals surface area (Å²) in [4.78, 5) is 8.46. The average Bonchev–Trinajstić information content (AvgIpc) is 2.67. The number of benzene rings is 1. The maximum absolute atomic E-state index is 12.6. The predicted octanol–water partition coefficient (Wildman–Crippen LogP) is 2.63. The topological polar surface area (TPSA) is 81.2 Å². The van der Waals surface area contributed by atoms with Crippen molar-refractivity contribution >= 4 is 10.0 Å². The van der Waals surface area contributed by atoms with E-state index in [1.807, 2.05) is 18.2 Å². The highest BCUT2D eigenvalue weighted by atomic mass is 32.2. The molecule has 0 aliphatic heterocycles. The maximum atomic E-state index is 12.6. The lowest BCUT2D eigenvalue weighted by Gasteiger charge is -2.12. The maximum Gasteiger partial charge on any atom is 0.244 e. The number of ether oxygens (including phenoxy) is 1. The first-order chi connectivity index (χ1) is 12.1. The van der Waals surface area contributed by atoms with Crippen LogP contribution in [0.2, 0.25) is 0 Å². The van der Waals surface area contributed by atoms with E-state index in [-0.39, 0.29) is 11.4 Å². The molecular formula is C18H17N3O3S. The Balaban J connectivity index is 1.87. The van der Waals surface area contributed by atoms with Crippen LogP contribution >= 0.6 is 0 Å². The van der Waals surface area contributed by atoms with Gasteiger partial charge in [-0.3, -0.25) is 9.97 Å². The molecule has 0 saturated heterocycles. The second kappa shape index (κ2) is 7.42. The largest absolute Gasteiger partial charge is 0.495 e. The van der Waals surface area contributed by atoms with Crippen molar-refractivity contribution in [1.29, 1.82) is 0 Å². The van der Waals surface area contributed by atoms with Crippen molar-refractivity contribution < 1.29 is 13.2 Å². The summed E-state index contributed by atoms with van der Waals surface area (Å²) in [7, 11) is -2.27. The molecule has 3 rings (SSSR count). The Bertz CT molecular complexity index is 960. The molecule has 0 saturated carbocycles. The van der Waals surface area contributed by atoms with Gasteiger partial charge in [-0.1, -0.05) is 18.2 Å². The molecule has 0 radical (unpaired) electrons. The third-order valence-electron chi connectivity index (χ3n) is 3.66. The predicted molar refractivity (Wildman–Crippen MR) is 94.5 cm³/mol. The first-order valence-corrected chi connectivity index (χ1v) is 9.07. The van der Waals surface area contributed by atoms with Gasteiger partial charge >= 0.3 is 0 Å². The number of sulfonamides is 1. The van der Waals surface area contributed by atoms with E-state index in [0.717, 1.165) is 11.1 Å². The molecule has 128 valence electrons. The van der Waals surface area contributed by atoms with Crippen LogP contribution in [0.15, 0.2) is 72.0 Å². The Morgan fingerprint density at radius 3 is 2.52 bits per heavy atom. The molecule has 0 aliphatic carbocycles. The van der Waals surface area contributed by atoms with Crippen molar-refractivity contribution in [2.45, 2.75) is 11.4 Å². The summed E-state index contributed by atoms with van der Waals surface area (Å²) < 4.78 is 33.0. The highest BCUT2D eigenvalue weighted by Crippen LogP contribution is 2.24. The van der Waals surface area contributed by atoms with E-state index in [1.54, 1.807) is 42.9 Å². The third-order valence-corrected chi connectivity index (χ3v) is 5.10. The van der Waals surface area contributed by atoms with Gasteiger partial charge in [0, 0.05) is 30.7 Å². The van der Waals surface area contributed by atoms with Gasteiger partial charge < -0.3 is 4.74 Å². The van der Waals surface area contributed by atoms with E-state index in [9.17, 15) is 8.42 Å². The van der Waals surface area contributed by atoms with E-state index in [4.69, 9.17) is 4.74 Å². The normalized spacial score (nSPS) is 11.2. The van der Waals surface area contributed by atoms with Gasteiger partial charge in [0.15, 0.2) is 0 Å². The van der Waals surface area contributed by atoms with Crippen LogP contribution in [0.4, 0.5) is 0 Å². The van der Waals surface area contributed by atoms with Gasteiger partial charge in [-0.15, -0.1) is 0 Å². The minimum Gasteiger partial charge on any atom is -0.495 e. The summed E-state index contributed by atoms with van der Waals surface area (Å²) in [5.41, 5.74) is 2.36. The van der Waals surface area contributed by atoms with Crippen LogP contribution < -0.4 is 9.46 Å². The molecule has 1 aromatic carbocycles. The SMILES string of the molecule is COc1ccccc1S(=O)(=O)NCc1cccnc1-c1ccncc1. The van der Waals surface area contributed by atoms with Gasteiger partial charge in [-0.25, -0.2) is 13.1 Å². The van der Waals surface area contributed by atoms with E-state index < -0.39 is 10.0 Å². The van der Waals surface area contributed by atoms with Crippen molar-refractivity contribution in [2.75, 3.05) is 7.11 Å². The Labute approximate surface area is 146 Å². The fourth-order valence-corrected chi connectivity index (χ4v) is 3.62. The molecule has 0 spiro atoms. The quantitative estimate of drug-likeness (QED) is 0.735. The fraction of sp³-hybridized carbons (Fsp3) is 0.111. The summed E-state index contributed by atoms with van der Waals surface area (Å²) in [5.74, 6) is 0.301. The molecule has 0 fully saturated rings. The zero-order chi connectivity index (χ0) is 17.7. The number of para-hydroxylation sites is 1. The first-order valence-electron chi connectivity index (χ1n) is 7.59. The van der Waals surface area contributed by atoms with Gasteiger partial charge in [0.2, 0.25) is 10.0 Å². The van der Waals surface area contributed by atoms with E-state index in [2.05, 4.69) is 14.7 Å². The van der Waals surface area contributed by atoms with Crippen LogP contribution in [0.25, 0.3) is 11.3 Å². The summed E-state index contributed by atoms with van der Waals surface area (Å²) >= 11 is 0. The zero-order valence-corrected chi connectivity index (χ0v) is 14.4. The smallest absolute Gasteiger partial charge is 0.244 e. The highest BCUT2D eigenvalue weighted by molar-refractivity contribution is 7.89. The number of pyridine rings is 2. The van der Waals surface area contributed by atoms with Gasteiger partial charge in [0.05, 0.1) is 12.8 Å². The van der Waals surface area contributed by atoms with Crippen LogP contribution in [0.3, 0.4) is 0 Å². The van der Waals surface area contributed by atoms with Crippen molar-refractivity contribution in [2.24, 2.45) is 0 Å². The number of hydrogen-bond acceptors (Lipinski definition) is 5. The number of nitrogens with one attached hydrogen (secondary N) is 1. The summed E-state index contributed by atoms with van der Waals surface area (Å²) in [6.45, 7) is 0.117. The molecule has 2 aromatic heterocycles. The molecule has 2 heterocycles. The van der Waals surface area contributed by atoms with Crippen LogP contribution in [-0.4, -0.2) is 25.5 Å². The zero-order valence-electron chi connectivity index (χ0n) is 13.6.